The maximum atomic E-state index is 12.7. The number of carbonyl (C=O) groups excluding carboxylic acids is 1. The summed E-state index contributed by atoms with van der Waals surface area (Å²) in [5, 5.41) is 0. The number of halogens is 1. The van der Waals surface area contributed by atoms with E-state index in [1.54, 1.807) is 4.98 Å². The molecule has 0 unspecified atom stereocenters. The van der Waals surface area contributed by atoms with Crippen LogP contribution in [0.2, 0.25) is 0 Å². The van der Waals surface area contributed by atoms with Crippen molar-refractivity contribution in [3.05, 3.63) is 45.0 Å². The summed E-state index contributed by atoms with van der Waals surface area (Å²) < 4.78 is 13.2. The van der Waals surface area contributed by atoms with Gasteiger partial charge in [-0.2, -0.15) is 4.39 Å². The van der Waals surface area contributed by atoms with Crippen LogP contribution in [0.25, 0.3) is 0 Å². The van der Waals surface area contributed by atoms with Gasteiger partial charge in [-0.15, -0.1) is 0 Å². The zero-order valence-electron chi connectivity index (χ0n) is 7.33. The lowest BCUT2D eigenvalue weighted by Gasteiger charge is -2.01. The molecule has 0 saturated carbocycles. The highest BCUT2D eigenvalue weighted by molar-refractivity contribution is 5.93. The molecule has 0 bridgehead atoms. The van der Waals surface area contributed by atoms with Gasteiger partial charge in [0.15, 0.2) is 0 Å². The quantitative estimate of drug-likeness (QED) is 0.640. The van der Waals surface area contributed by atoms with Crippen LogP contribution in [-0.4, -0.2) is 15.5 Å². The maximum Gasteiger partial charge on any atom is 0.335 e. The second-order valence-corrected chi connectivity index (χ2v) is 2.69. The van der Waals surface area contributed by atoms with Gasteiger partial charge in [0, 0.05) is 5.57 Å². The monoisotopic (exact) mass is 198 g/mol. The first-order valence-electron chi connectivity index (χ1n) is 3.65. The molecule has 0 amide bonds. The summed E-state index contributed by atoms with van der Waals surface area (Å²) in [7, 11) is 0. The average molecular weight is 198 g/mol. The molecular weight excluding hydrogens is 191 g/mol. The van der Waals surface area contributed by atoms with Crippen molar-refractivity contribution in [2.24, 2.45) is 0 Å². The van der Waals surface area contributed by atoms with Gasteiger partial charge in [0.1, 0.15) is 0 Å². The molecule has 0 saturated heterocycles. The largest absolute Gasteiger partial charge is 0.335 e. The van der Waals surface area contributed by atoms with E-state index < -0.39 is 23.0 Å². The second-order valence-electron chi connectivity index (χ2n) is 2.69. The molecule has 1 heterocycles. The van der Waals surface area contributed by atoms with Crippen LogP contribution in [0, 0.1) is 5.82 Å². The topological polar surface area (TPSA) is 71.9 Å². The van der Waals surface area contributed by atoms with E-state index in [2.05, 4.69) is 6.58 Å². The number of nitrogens with one attached hydrogen (secondary N) is 1. The lowest BCUT2D eigenvalue weighted by molar-refractivity contribution is 0.0948. The van der Waals surface area contributed by atoms with Crippen LogP contribution < -0.4 is 11.2 Å². The molecule has 1 N–H and O–H groups in total. The standard InChI is InChI=1S/C8H7FN2O3/c1-4(2)7(13)11-3-5(9)6(12)10-8(11)14/h3H,1H2,2H3,(H,10,12,14). The number of hydrogen-bond donors (Lipinski definition) is 1. The molecule has 0 aromatic carbocycles. The van der Waals surface area contributed by atoms with E-state index in [-0.39, 0.29) is 5.57 Å². The highest BCUT2D eigenvalue weighted by atomic mass is 19.1. The summed E-state index contributed by atoms with van der Waals surface area (Å²) in [6.45, 7) is 4.67. The maximum absolute atomic E-state index is 12.7. The van der Waals surface area contributed by atoms with Crippen LogP contribution in [0.4, 0.5) is 4.39 Å². The number of H-pyrrole nitrogens is 1. The van der Waals surface area contributed by atoms with E-state index in [1.165, 1.54) is 6.92 Å². The lowest BCUT2D eigenvalue weighted by Crippen LogP contribution is -2.35. The Kier molecular flexibility index (Phi) is 2.46. The molecule has 0 fully saturated rings. The third-order valence-corrected chi connectivity index (χ3v) is 1.48. The lowest BCUT2D eigenvalue weighted by atomic mass is 10.3. The number of rotatable bonds is 1. The van der Waals surface area contributed by atoms with E-state index in [1.807, 2.05) is 0 Å². The number of allylic oxidation sites excluding steroid dienone is 1. The fourth-order valence-electron chi connectivity index (χ4n) is 0.804. The summed E-state index contributed by atoms with van der Waals surface area (Å²) in [5.41, 5.74) is -2.07. The minimum atomic E-state index is -1.20. The minimum absolute atomic E-state index is 0.0681. The van der Waals surface area contributed by atoms with Gasteiger partial charge in [0.05, 0.1) is 6.20 Å². The van der Waals surface area contributed by atoms with Crippen molar-refractivity contribution in [1.29, 1.82) is 0 Å². The van der Waals surface area contributed by atoms with Crippen LogP contribution in [0.5, 0.6) is 0 Å². The molecule has 0 atom stereocenters. The summed E-state index contributed by atoms with van der Waals surface area (Å²) in [5.74, 6) is -1.95. The smallest absolute Gasteiger partial charge is 0.271 e. The summed E-state index contributed by atoms with van der Waals surface area (Å²) in [4.78, 5) is 34.5. The van der Waals surface area contributed by atoms with Gasteiger partial charge in [-0.3, -0.25) is 14.6 Å². The molecule has 1 aromatic heterocycles. The zero-order chi connectivity index (χ0) is 10.9. The van der Waals surface area contributed by atoms with Crippen molar-refractivity contribution in [3.8, 4) is 0 Å². The highest BCUT2D eigenvalue weighted by Crippen LogP contribution is 1.92. The molecule has 1 rings (SSSR count). The Labute approximate surface area is 77.5 Å². The molecule has 0 aliphatic heterocycles. The van der Waals surface area contributed by atoms with Crippen molar-refractivity contribution in [3.63, 3.8) is 0 Å². The van der Waals surface area contributed by atoms with Gasteiger partial charge in [-0.1, -0.05) is 6.58 Å². The van der Waals surface area contributed by atoms with Gasteiger partial charge < -0.3 is 0 Å². The van der Waals surface area contributed by atoms with E-state index >= 15 is 0 Å². The SMILES string of the molecule is C=C(C)C(=O)n1cc(F)c(=O)[nH]c1=O. The average Bonchev–Trinajstić information content (AvgIpc) is 2.10. The predicted molar refractivity (Wildman–Crippen MR) is 46.7 cm³/mol. The van der Waals surface area contributed by atoms with Crippen molar-refractivity contribution < 1.29 is 9.18 Å². The molecule has 0 aliphatic rings. The Morgan fingerprint density at radius 1 is 1.57 bits per heavy atom. The summed E-state index contributed by atoms with van der Waals surface area (Å²) in [6, 6.07) is 0. The van der Waals surface area contributed by atoms with Gasteiger partial charge >= 0.3 is 5.69 Å². The molecule has 1 aromatic rings. The second kappa shape index (κ2) is 3.41. The van der Waals surface area contributed by atoms with Crippen molar-refractivity contribution in [1.82, 2.24) is 9.55 Å². The van der Waals surface area contributed by atoms with Crippen LogP contribution in [-0.2, 0) is 0 Å². The van der Waals surface area contributed by atoms with Gasteiger partial charge in [-0.05, 0) is 6.92 Å². The Hall–Kier alpha value is -1.98. The first-order chi connectivity index (χ1) is 6.43. The third-order valence-electron chi connectivity index (χ3n) is 1.48. The first-order valence-corrected chi connectivity index (χ1v) is 3.65. The number of nitrogens with zero attached hydrogens (tertiary/aromatic N) is 1. The Morgan fingerprint density at radius 2 is 2.14 bits per heavy atom. The Morgan fingerprint density at radius 3 is 2.64 bits per heavy atom. The molecular formula is C8H7FN2O3. The van der Waals surface area contributed by atoms with Crippen molar-refractivity contribution in [2.75, 3.05) is 0 Å². The molecule has 0 spiro atoms. The molecule has 5 nitrogen and oxygen atoms in total. The van der Waals surface area contributed by atoms with E-state index in [0.29, 0.717) is 10.8 Å². The zero-order valence-corrected chi connectivity index (χ0v) is 7.33. The molecule has 0 aliphatic carbocycles. The molecule has 0 radical (unpaired) electrons. The number of carbonyl (C=O) groups is 1. The van der Waals surface area contributed by atoms with Crippen LogP contribution in [0.1, 0.15) is 11.7 Å². The normalized spacial score (nSPS) is 9.86. The molecule has 74 valence electrons. The number of hydrogen-bond acceptors (Lipinski definition) is 3. The fraction of sp³-hybridized carbons (Fsp3) is 0.125. The minimum Gasteiger partial charge on any atom is -0.271 e. The number of aromatic nitrogens is 2. The van der Waals surface area contributed by atoms with Crippen LogP contribution >= 0.6 is 0 Å². The van der Waals surface area contributed by atoms with E-state index in [9.17, 15) is 18.8 Å². The Bertz CT molecular complexity index is 512. The molecule has 14 heavy (non-hydrogen) atoms. The number of aromatic amines is 1. The van der Waals surface area contributed by atoms with Crippen molar-refractivity contribution >= 4 is 5.91 Å². The van der Waals surface area contributed by atoms with Crippen LogP contribution in [0.15, 0.2) is 27.9 Å². The Balaban J connectivity index is 3.45. The fourth-order valence-corrected chi connectivity index (χ4v) is 0.804. The molecule has 6 heteroatoms. The van der Waals surface area contributed by atoms with Crippen molar-refractivity contribution in [2.45, 2.75) is 6.92 Å². The van der Waals surface area contributed by atoms with E-state index in [4.69, 9.17) is 0 Å². The van der Waals surface area contributed by atoms with Gasteiger partial charge in [0.25, 0.3) is 11.5 Å². The predicted octanol–water partition coefficient (Wildman–Crippen LogP) is -0.108. The van der Waals surface area contributed by atoms with Gasteiger partial charge in [0.2, 0.25) is 5.82 Å². The van der Waals surface area contributed by atoms with Crippen LogP contribution in [0.3, 0.4) is 0 Å². The highest BCUT2D eigenvalue weighted by Gasteiger charge is 2.10. The third kappa shape index (κ3) is 1.68. The summed E-state index contributed by atoms with van der Waals surface area (Å²) >= 11 is 0. The van der Waals surface area contributed by atoms with Gasteiger partial charge in [-0.25, -0.2) is 9.36 Å². The van der Waals surface area contributed by atoms with E-state index in [0.717, 1.165) is 0 Å². The summed E-state index contributed by atoms with van der Waals surface area (Å²) in [6.07, 6.45) is 0.540. The first kappa shape index (κ1) is 10.1.